The molecule has 1 aliphatic heterocycles. The molecule has 5 nitrogen and oxygen atoms in total. The molecule has 8 heteroatoms. The minimum Gasteiger partial charge on any atom is -0.481 e. The zero-order valence-corrected chi connectivity index (χ0v) is 11.4. The van der Waals surface area contributed by atoms with Gasteiger partial charge in [-0.1, -0.05) is 20.3 Å². The largest absolute Gasteiger partial charge is 0.481 e. The standard InChI is InChI=1S/C12H19F3N2O3/c1-3-7(2)9(12(13,14)15)16-11(20)17-5-4-8(6-17)10(18)19/h7-9H,3-6H2,1-2H3,(H,16,20)(H,18,19). The van der Waals surface area contributed by atoms with Gasteiger partial charge in [0.05, 0.1) is 5.92 Å². The van der Waals surface area contributed by atoms with Crippen LogP contribution in [0.1, 0.15) is 26.7 Å². The molecule has 0 aromatic rings. The number of carboxylic acids is 1. The zero-order valence-electron chi connectivity index (χ0n) is 11.4. The van der Waals surface area contributed by atoms with E-state index in [1.54, 1.807) is 6.92 Å². The lowest BCUT2D eigenvalue weighted by Gasteiger charge is -2.28. The van der Waals surface area contributed by atoms with Crippen molar-refractivity contribution in [1.82, 2.24) is 10.2 Å². The van der Waals surface area contributed by atoms with Gasteiger partial charge in [-0.3, -0.25) is 4.79 Å². The Morgan fingerprint density at radius 3 is 2.45 bits per heavy atom. The van der Waals surface area contributed by atoms with E-state index in [2.05, 4.69) is 0 Å². The summed E-state index contributed by atoms with van der Waals surface area (Å²) < 4.78 is 38.6. The number of hydrogen-bond donors (Lipinski definition) is 2. The van der Waals surface area contributed by atoms with E-state index in [0.29, 0.717) is 0 Å². The van der Waals surface area contributed by atoms with Crippen molar-refractivity contribution < 1.29 is 27.9 Å². The van der Waals surface area contributed by atoms with Gasteiger partial charge in [-0.25, -0.2) is 4.79 Å². The van der Waals surface area contributed by atoms with Crippen molar-refractivity contribution in [3.8, 4) is 0 Å². The van der Waals surface area contributed by atoms with Crippen molar-refractivity contribution in [2.45, 2.75) is 38.9 Å². The van der Waals surface area contributed by atoms with Crippen LogP contribution in [0.4, 0.5) is 18.0 Å². The summed E-state index contributed by atoms with van der Waals surface area (Å²) >= 11 is 0. The third-order valence-electron chi connectivity index (χ3n) is 3.67. The highest BCUT2D eigenvalue weighted by atomic mass is 19.4. The molecule has 0 aliphatic carbocycles. The fraction of sp³-hybridized carbons (Fsp3) is 0.833. The molecule has 20 heavy (non-hydrogen) atoms. The lowest BCUT2D eigenvalue weighted by molar-refractivity contribution is -0.164. The minimum atomic E-state index is -4.52. The maximum Gasteiger partial charge on any atom is 0.408 e. The van der Waals surface area contributed by atoms with Crippen molar-refractivity contribution in [2.24, 2.45) is 11.8 Å². The van der Waals surface area contributed by atoms with Crippen LogP contribution in [0.15, 0.2) is 0 Å². The van der Waals surface area contributed by atoms with Crippen LogP contribution in [-0.2, 0) is 4.79 Å². The number of hydrogen-bond acceptors (Lipinski definition) is 2. The maximum absolute atomic E-state index is 12.9. The molecule has 1 fully saturated rings. The summed E-state index contributed by atoms with van der Waals surface area (Å²) in [5.41, 5.74) is 0. The lowest BCUT2D eigenvalue weighted by Crippen LogP contribution is -2.53. The van der Waals surface area contributed by atoms with Gasteiger partial charge in [-0.05, 0) is 12.3 Å². The molecule has 1 saturated heterocycles. The summed E-state index contributed by atoms with van der Waals surface area (Å²) in [6, 6.07) is -2.76. The van der Waals surface area contributed by atoms with E-state index in [-0.39, 0.29) is 25.9 Å². The summed E-state index contributed by atoms with van der Waals surface area (Å²) in [6.07, 6.45) is -3.97. The second-order valence-electron chi connectivity index (χ2n) is 5.12. The number of nitrogens with zero attached hydrogens (tertiary/aromatic N) is 1. The Hall–Kier alpha value is -1.47. The molecular formula is C12H19F3N2O3. The number of amides is 2. The Morgan fingerprint density at radius 2 is 2.05 bits per heavy atom. The molecule has 1 rings (SSSR count). The normalized spacial score (nSPS) is 22.4. The SMILES string of the molecule is CCC(C)C(NC(=O)N1CCC(C(=O)O)C1)C(F)(F)F. The lowest BCUT2D eigenvalue weighted by atomic mass is 9.99. The molecule has 2 N–H and O–H groups in total. The number of carbonyl (C=O) groups excluding carboxylic acids is 1. The van der Waals surface area contributed by atoms with Gasteiger partial charge in [-0.15, -0.1) is 0 Å². The highest BCUT2D eigenvalue weighted by molar-refractivity contribution is 5.77. The number of likely N-dealkylation sites (tertiary alicyclic amines) is 1. The number of rotatable bonds is 4. The smallest absolute Gasteiger partial charge is 0.408 e. The van der Waals surface area contributed by atoms with Crippen molar-refractivity contribution >= 4 is 12.0 Å². The van der Waals surface area contributed by atoms with Crippen molar-refractivity contribution in [2.75, 3.05) is 13.1 Å². The van der Waals surface area contributed by atoms with E-state index < -0.39 is 36.1 Å². The van der Waals surface area contributed by atoms with E-state index in [1.807, 2.05) is 5.32 Å². The Kier molecular flexibility index (Phi) is 5.24. The Bertz CT molecular complexity index is 373. The zero-order chi connectivity index (χ0) is 15.5. The van der Waals surface area contributed by atoms with Crippen LogP contribution in [0.2, 0.25) is 0 Å². The number of aliphatic carboxylic acids is 1. The summed E-state index contributed by atoms with van der Waals surface area (Å²) in [5, 5.41) is 10.8. The van der Waals surface area contributed by atoms with Crippen LogP contribution in [-0.4, -0.2) is 47.3 Å². The molecule has 1 aliphatic rings. The van der Waals surface area contributed by atoms with Gasteiger partial charge in [-0.2, -0.15) is 13.2 Å². The molecule has 116 valence electrons. The van der Waals surface area contributed by atoms with E-state index >= 15 is 0 Å². The van der Waals surface area contributed by atoms with Gasteiger partial charge in [0, 0.05) is 13.1 Å². The number of alkyl halides is 3. The fourth-order valence-corrected chi connectivity index (χ4v) is 2.15. The number of halogens is 3. The second-order valence-corrected chi connectivity index (χ2v) is 5.12. The first kappa shape index (κ1) is 16.6. The second kappa shape index (κ2) is 6.32. The first-order valence-corrected chi connectivity index (χ1v) is 6.51. The highest BCUT2D eigenvalue weighted by Gasteiger charge is 2.44. The fourth-order valence-electron chi connectivity index (χ4n) is 2.15. The van der Waals surface area contributed by atoms with E-state index in [9.17, 15) is 22.8 Å². The predicted molar refractivity (Wildman–Crippen MR) is 65.1 cm³/mol. The van der Waals surface area contributed by atoms with E-state index in [0.717, 1.165) is 4.90 Å². The Morgan fingerprint density at radius 1 is 1.45 bits per heavy atom. The Labute approximate surface area is 115 Å². The summed E-state index contributed by atoms with van der Waals surface area (Å²) in [6.45, 7) is 3.15. The van der Waals surface area contributed by atoms with Gasteiger partial charge in [0.2, 0.25) is 0 Å². The molecule has 0 aromatic carbocycles. The number of urea groups is 1. The predicted octanol–water partition coefficient (Wildman–Crippen LogP) is 2.08. The van der Waals surface area contributed by atoms with Crippen LogP contribution in [0, 0.1) is 11.8 Å². The molecule has 0 aromatic heterocycles. The van der Waals surface area contributed by atoms with Gasteiger partial charge in [0.15, 0.2) is 0 Å². The quantitative estimate of drug-likeness (QED) is 0.834. The van der Waals surface area contributed by atoms with Crippen LogP contribution in [0.3, 0.4) is 0 Å². The third kappa shape index (κ3) is 4.01. The van der Waals surface area contributed by atoms with Gasteiger partial charge in [0.25, 0.3) is 0 Å². The number of carbonyl (C=O) groups is 2. The molecule has 3 unspecified atom stereocenters. The summed E-state index contributed by atoms with van der Waals surface area (Å²) in [5.74, 6) is -2.47. The average molecular weight is 296 g/mol. The number of carboxylic acid groups (broad SMARTS) is 1. The van der Waals surface area contributed by atoms with E-state index in [4.69, 9.17) is 5.11 Å². The topological polar surface area (TPSA) is 69.6 Å². The van der Waals surface area contributed by atoms with Crippen molar-refractivity contribution in [3.63, 3.8) is 0 Å². The molecule has 2 amide bonds. The van der Waals surface area contributed by atoms with Gasteiger partial charge < -0.3 is 15.3 Å². The molecular weight excluding hydrogens is 277 g/mol. The average Bonchev–Trinajstić information content (AvgIpc) is 2.83. The van der Waals surface area contributed by atoms with Crippen LogP contribution in [0.5, 0.6) is 0 Å². The summed E-state index contributed by atoms with van der Waals surface area (Å²) in [7, 11) is 0. The van der Waals surface area contributed by atoms with E-state index in [1.165, 1.54) is 6.92 Å². The summed E-state index contributed by atoms with van der Waals surface area (Å²) in [4.78, 5) is 23.7. The minimum absolute atomic E-state index is 0.0494. The number of nitrogens with one attached hydrogen (secondary N) is 1. The van der Waals surface area contributed by atoms with Gasteiger partial charge >= 0.3 is 18.2 Å². The maximum atomic E-state index is 12.9. The van der Waals surface area contributed by atoms with Crippen LogP contribution >= 0.6 is 0 Å². The van der Waals surface area contributed by atoms with Gasteiger partial charge in [0.1, 0.15) is 6.04 Å². The third-order valence-corrected chi connectivity index (χ3v) is 3.67. The van der Waals surface area contributed by atoms with Crippen LogP contribution < -0.4 is 5.32 Å². The van der Waals surface area contributed by atoms with Crippen LogP contribution in [0.25, 0.3) is 0 Å². The first-order chi connectivity index (χ1) is 9.16. The molecule has 0 saturated carbocycles. The molecule has 0 spiro atoms. The molecule has 0 radical (unpaired) electrons. The van der Waals surface area contributed by atoms with Crippen molar-refractivity contribution in [3.05, 3.63) is 0 Å². The monoisotopic (exact) mass is 296 g/mol. The molecule has 0 bridgehead atoms. The molecule has 1 heterocycles. The molecule has 3 atom stereocenters. The highest BCUT2D eigenvalue weighted by Crippen LogP contribution is 2.28. The Balaban J connectivity index is 2.66. The first-order valence-electron chi connectivity index (χ1n) is 6.51. The van der Waals surface area contributed by atoms with Crippen molar-refractivity contribution in [1.29, 1.82) is 0 Å².